The molecule has 0 saturated carbocycles. The molecule has 4 nitrogen and oxygen atoms in total. The van der Waals surface area contributed by atoms with E-state index >= 15 is 0 Å². The van der Waals surface area contributed by atoms with Crippen molar-refractivity contribution in [2.45, 2.75) is 6.54 Å². The number of anilines is 1. The summed E-state index contributed by atoms with van der Waals surface area (Å²) in [5.74, 6) is -2.87. The van der Waals surface area contributed by atoms with Crippen LogP contribution in [0.1, 0.15) is 15.9 Å². The molecule has 4 aromatic rings. The van der Waals surface area contributed by atoms with Crippen molar-refractivity contribution < 1.29 is 18.0 Å². The summed E-state index contributed by atoms with van der Waals surface area (Å²) in [6.45, 7) is 0.0466. The molecule has 2 heterocycles. The van der Waals surface area contributed by atoms with Gasteiger partial charge in [0.25, 0.3) is 5.91 Å². The molecule has 2 aromatic carbocycles. The minimum Gasteiger partial charge on any atom is -0.279 e. The highest BCUT2D eigenvalue weighted by molar-refractivity contribution is 7.22. The van der Waals surface area contributed by atoms with Crippen molar-refractivity contribution in [3.05, 3.63) is 89.5 Å². The molecule has 28 heavy (non-hydrogen) atoms. The fourth-order valence-corrected chi connectivity index (χ4v) is 3.74. The van der Waals surface area contributed by atoms with Crippen molar-refractivity contribution in [2.24, 2.45) is 0 Å². The first-order valence-corrected chi connectivity index (χ1v) is 9.05. The number of fused-ring (bicyclic) bond motifs is 1. The van der Waals surface area contributed by atoms with Crippen molar-refractivity contribution >= 4 is 32.6 Å². The second-order valence-electron chi connectivity index (χ2n) is 5.96. The summed E-state index contributed by atoms with van der Waals surface area (Å²) in [5, 5.41) is 0.136. The third-order valence-electron chi connectivity index (χ3n) is 4.05. The maximum Gasteiger partial charge on any atom is 0.263 e. The number of halogens is 3. The third kappa shape index (κ3) is 3.46. The average Bonchev–Trinajstić information content (AvgIpc) is 3.11. The van der Waals surface area contributed by atoms with Gasteiger partial charge >= 0.3 is 0 Å². The Kier molecular flexibility index (Phi) is 4.79. The number of hydrogen-bond donors (Lipinski definition) is 0. The van der Waals surface area contributed by atoms with Gasteiger partial charge in [-0.15, -0.1) is 0 Å². The molecule has 0 N–H and O–H groups in total. The number of aromatic nitrogens is 2. The molecule has 0 saturated heterocycles. The van der Waals surface area contributed by atoms with Crippen LogP contribution in [0.3, 0.4) is 0 Å². The molecule has 0 atom stereocenters. The van der Waals surface area contributed by atoms with Gasteiger partial charge in [0, 0.05) is 18.5 Å². The van der Waals surface area contributed by atoms with Gasteiger partial charge in [-0.1, -0.05) is 29.5 Å². The predicted octanol–water partition coefficient (Wildman–Crippen LogP) is 4.96. The summed E-state index contributed by atoms with van der Waals surface area (Å²) in [4.78, 5) is 22.5. The SMILES string of the molecule is O=C(c1ccccc1F)N(Cc1cccnc1)c1nc2c(F)cc(F)cc2s1. The van der Waals surface area contributed by atoms with Gasteiger partial charge in [0.15, 0.2) is 10.9 Å². The summed E-state index contributed by atoms with van der Waals surface area (Å²) in [6.07, 6.45) is 3.15. The van der Waals surface area contributed by atoms with E-state index in [1.165, 1.54) is 23.1 Å². The number of carbonyl (C=O) groups excluding carboxylic acids is 1. The fourth-order valence-electron chi connectivity index (χ4n) is 2.74. The monoisotopic (exact) mass is 399 g/mol. The molecule has 0 aliphatic rings. The molecule has 1 amide bonds. The lowest BCUT2D eigenvalue weighted by molar-refractivity contribution is 0.0981. The van der Waals surface area contributed by atoms with E-state index in [1.807, 2.05) is 0 Å². The molecule has 0 radical (unpaired) electrons. The predicted molar refractivity (Wildman–Crippen MR) is 101 cm³/mol. The Hall–Kier alpha value is -3.26. The smallest absolute Gasteiger partial charge is 0.263 e. The molecular formula is C20H12F3N3OS. The summed E-state index contributed by atoms with van der Waals surface area (Å²) in [6, 6.07) is 10.9. The number of thiazole rings is 1. The summed E-state index contributed by atoms with van der Waals surface area (Å²) in [7, 11) is 0. The molecule has 2 aromatic heterocycles. The van der Waals surface area contributed by atoms with E-state index in [1.54, 1.807) is 30.6 Å². The Balaban J connectivity index is 1.82. The van der Waals surface area contributed by atoms with E-state index in [-0.39, 0.29) is 27.5 Å². The van der Waals surface area contributed by atoms with Crippen LogP contribution in [-0.2, 0) is 6.54 Å². The zero-order valence-corrected chi connectivity index (χ0v) is 15.1. The Morgan fingerprint density at radius 3 is 2.61 bits per heavy atom. The van der Waals surface area contributed by atoms with E-state index in [9.17, 15) is 18.0 Å². The first-order chi connectivity index (χ1) is 13.5. The Bertz CT molecular complexity index is 1160. The van der Waals surface area contributed by atoms with Gasteiger partial charge in [-0.05, 0) is 29.8 Å². The number of amides is 1. The van der Waals surface area contributed by atoms with Crippen molar-refractivity contribution in [3.63, 3.8) is 0 Å². The van der Waals surface area contributed by atoms with Gasteiger partial charge < -0.3 is 0 Å². The molecule has 0 unspecified atom stereocenters. The normalized spacial score (nSPS) is 11.0. The van der Waals surface area contributed by atoms with Crippen molar-refractivity contribution in [1.82, 2.24) is 9.97 Å². The number of carbonyl (C=O) groups is 1. The van der Waals surface area contributed by atoms with Crippen LogP contribution in [0.2, 0.25) is 0 Å². The number of nitrogens with zero attached hydrogens (tertiary/aromatic N) is 3. The molecule has 0 fully saturated rings. The van der Waals surface area contributed by atoms with Gasteiger partial charge in [-0.2, -0.15) is 0 Å². The Morgan fingerprint density at radius 2 is 1.86 bits per heavy atom. The lowest BCUT2D eigenvalue weighted by Gasteiger charge is -2.20. The van der Waals surface area contributed by atoms with Gasteiger partial charge in [-0.3, -0.25) is 14.7 Å². The molecular weight excluding hydrogens is 387 g/mol. The Labute approximate surface area is 161 Å². The Morgan fingerprint density at radius 1 is 1.04 bits per heavy atom. The largest absolute Gasteiger partial charge is 0.279 e. The van der Waals surface area contributed by atoms with Crippen molar-refractivity contribution in [2.75, 3.05) is 4.90 Å². The van der Waals surface area contributed by atoms with Crippen molar-refractivity contribution in [1.29, 1.82) is 0 Å². The highest BCUT2D eigenvalue weighted by Gasteiger charge is 2.25. The van der Waals surface area contributed by atoms with E-state index in [2.05, 4.69) is 9.97 Å². The number of benzene rings is 2. The van der Waals surface area contributed by atoms with Crippen LogP contribution < -0.4 is 4.90 Å². The molecule has 4 rings (SSSR count). The first kappa shape index (κ1) is 18.1. The molecule has 0 bridgehead atoms. The minimum atomic E-state index is -0.822. The van der Waals surface area contributed by atoms with Crippen LogP contribution in [0.25, 0.3) is 10.2 Å². The summed E-state index contributed by atoms with van der Waals surface area (Å²) < 4.78 is 42.0. The minimum absolute atomic E-state index is 0.0427. The zero-order valence-electron chi connectivity index (χ0n) is 14.3. The maximum atomic E-state index is 14.2. The van der Waals surface area contributed by atoms with Crippen LogP contribution in [-0.4, -0.2) is 15.9 Å². The third-order valence-corrected chi connectivity index (χ3v) is 5.07. The number of rotatable bonds is 4. The van der Waals surface area contributed by atoms with Crippen LogP contribution in [0.5, 0.6) is 0 Å². The molecule has 0 spiro atoms. The van der Waals surface area contributed by atoms with Gasteiger partial charge in [0.1, 0.15) is 17.2 Å². The fraction of sp³-hybridized carbons (Fsp3) is 0.0500. The standard InChI is InChI=1S/C20H12F3N3OS/c21-13-8-16(23)18-17(9-13)28-20(25-18)26(11-12-4-3-7-24-10-12)19(27)14-5-1-2-6-15(14)22/h1-10H,11H2. The van der Waals surface area contributed by atoms with Gasteiger partial charge in [0.2, 0.25) is 0 Å². The van der Waals surface area contributed by atoms with Crippen LogP contribution in [0, 0.1) is 17.5 Å². The lowest BCUT2D eigenvalue weighted by atomic mass is 10.1. The van der Waals surface area contributed by atoms with Crippen LogP contribution in [0.15, 0.2) is 60.9 Å². The van der Waals surface area contributed by atoms with Crippen molar-refractivity contribution in [3.8, 4) is 0 Å². The highest BCUT2D eigenvalue weighted by atomic mass is 32.1. The molecule has 140 valence electrons. The topological polar surface area (TPSA) is 46.1 Å². The number of pyridine rings is 1. The highest BCUT2D eigenvalue weighted by Crippen LogP contribution is 2.33. The molecule has 0 aliphatic carbocycles. The summed E-state index contributed by atoms with van der Waals surface area (Å²) in [5.41, 5.74) is 0.495. The summed E-state index contributed by atoms with van der Waals surface area (Å²) >= 11 is 0.953. The van der Waals surface area contributed by atoms with Crippen LogP contribution >= 0.6 is 11.3 Å². The zero-order chi connectivity index (χ0) is 19.7. The second kappa shape index (κ2) is 7.40. The molecule has 0 aliphatic heterocycles. The second-order valence-corrected chi connectivity index (χ2v) is 6.97. The van der Waals surface area contributed by atoms with E-state index in [4.69, 9.17) is 0 Å². The van der Waals surface area contributed by atoms with E-state index < -0.39 is 23.4 Å². The average molecular weight is 399 g/mol. The lowest BCUT2D eigenvalue weighted by Crippen LogP contribution is -2.31. The van der Waals surface area contributed by atoms with E-state index in [0.29, 0.717) is 5.56 Å². The maximum absolute atomic E-state index is 14.2. The molecule has 8 heteroatoms. The van der Waals surface area contributed by atoms with Crippen LogP contribution in [0.4, 0.5) is 18.3 Å². The van der Waals surface area contributed by atoms with E-state index in [0.717, 1.165) is 23.5 Å². The van der Waals surface area contributed by atoms with Gasteiger partial charge in [-0.25, -0.2) is 18.2 Å². The number of hydrogen-bond acceptors (Lipinski definition) is 4. The van der Waals surface area contributed by atoms with Gasteiger partial charge in [0.05, 0.1) is 16.8 Å². The first-order valence-electron chi connectivity index (χ1n) is 8.24. The quantitative estimate of drug-likeness (QED) is 0.488.